The summed E-state index contributed by atoms with van der Waals surface area (Å²) in [5.41, 5.74) is 10.1. The number of para-hydroxylation sites is 2. The van der Waals surface area contributed by atoms with Crippen LogP contribution >= 0.6 is 0 Å². The molecular formula is C31H24N2. The van der Waals surface area contributed by atoms with Gasteiger partial charge in [-0.25, -0.2) is 4.98 Å². The van der Waals surface area contributed by atoms with Crippen LogP contribution in [0.4, 0.5) is 0 Å². The van der Waals surface area contributed by atoms with Gasteiger partial charge in [0.2, 0.25) is 0 Å². The molecular weight excluding hydrogens is 400 g/mol. The van der Waals surface area contributed by atoms with Crippen LogP contribution in [0.25, 0.3) is 27.9 Å². The molecule has 4 aromatic rings. The van der Waals surface area contributed by atoms with Gasteiger partial charge < -0.3 is 0 Å². The molecule has 0 fully saturated rings. The molecule has 0 radical (unpaired) electrons. The molecule has 2 heteroatoms. The first-order valence-electron chi connectivity index (χ1n) is 11.3. The van der Waals surface area contributed by atoms with Crippen molar-refractivity contribution < 1.29 is 0 Å². The zero-order valence-electron chi connectivity index (χ0n) is 18.6. The molecule has 0 saturated heterocycles. The van der Waals surface area contributed by atoms with E-state index in [0.717, 1.165) is 28.1 Å². The quantitative estimate of drug-likeness (QED) is 0.311. The van der Waals surface area contributed by atoms with E-state index in [1.807, 2.05) is 18.2 Å². The first-order chi connectivity index (χ1) is 16.3. The van der Waals surface area contributed by atoms with Crippen molar-refractivity contribution >= 4 is 16.7 Å². The first-order valence-corrected chi connectivity index (χ1v) is 11.3. The van der Waals surface area contributed by atoms with Gasteiger partial charge in [0.1, 0.15) is 11.2 Å². The largest absolute Gasteiger partial charge is 0.295 e. The fourth-order valence-corrected chi connectivity index (χ4v) is 5.73. The smallest absolute Gasteiger partial charge is 0.134 e. The van der Waals surface area contributed by atoms with Crippen LogP contribution in [0.1, 0.15) is 23.9 Å². The van der Waals surface area contributed by atoms with Crippen LogP contribution in [0, 0.1) is 0 Å². The maximum Gasteiger partial charge on any atom is 0.134 e. The normalized spacial score (nSPS) is 15.8. The van der Waals surface area contributed by atoms with E-state index in [2.05, 4.69) is 110 Å². The Kier molecular flexibility index (Phi) is 4.24. The highest BCUT2D eigenvalue weighted by molar-refractivity contribution is 5.96. The Balaban J connectivity index is 1.89. The number of fused-ring (bicyclic) bond motifs is 9. The van der Waals surface area contributed by atoms with Crippen LogP contribution in [0.5, 0.6) is 0 Å². The molecule has 0 saturated carbocycles. The fourth-order valence-electron chi connectivity index (χ4n) is 5.73. The van der Waals surface area contributed by atoms with Gasteiger partial charge in [0.05, 0.1) is 16.7 Å². The van der Waals surface area contributed by atoms with Gasteiger partial charge in [-0.3, -0.25) is 4.57 Å². The van der Waals surface area contributed by atoms with Crippen molar-refractivity contribution in [2.75, 3.05) is 0 Å². The Hall–Kier alpha value is -4.17. The van der Waals surface area contributed by atoms with Crippen LogP contribution < -0.4 is 0 Å². The summed E-state index contributed by atoms with van der Waals surface area (Å²) in [6.45, 7) is 10.2. The predicted octanol–water partition coefficient (Wildman–Crippen LogP) is 7.45. The molecule has 0 N–H and O–H groups in total. The molecule has 1 aromatic heterocycles. The number of aromatic nitrogens is 2. The molecule has 3 aromatic carbocycles. The van der Waals surface area contributed by atoms with Crippen LogP contribution in [0.2, 0.25) is 0 Å². The van der Waals surface area contributed by atoms with Crippen LogP contribution in [-0.4, -0.2) is 9.55 Å². The summed E-state index contributed by atoms with van der Waals surface area (Å²) in [5.74, 6) is 1.03. The van der Waals surface area contributed by atoms with Gasteiger partial charge in [0.25, 0.3) is 0 Å². The van der Waals surface area contributed by atoms with Crippen molar-refractivity contribution in [1.29, 1.82) is 0 Å². The number of allylic oxidation sites excluding steroid dienone is 8. The highest BCUT2D eigenvalue weighted by atomic mass is 15.1. The topological polar surface area (TPSA) is 17.8 Å². The van der Waals surface area contributed by atoms with Crippen molar-refractivity contribution in [2.45, 2.75) is 12.3 Å². The number of rotatable bonds is 4. The minimum Gasteiger partial charge on any atom is -0.295 e. The first kappa shape index (κ1) is 19.5. The highest BCUT2D eigenvalue weighted by Crippen LogP contribution is 2.61. The number of nitrogens with zero attached hydrogens (tertiary/aromatic N) is 2. The maximum absolute atomic E-state index is 5.29. The van der Waals surface area contributed by atoms with E-state index in [1.54, 1.807) is 0 Å². The molecule has 0 unspecified atom stereocenters. The molecule has 33 heavy (non-hydrogen) atoms. The Labute approximate surface area is 194 Å². The molecule has 0 bridgehead atoms. The summed E-state index contributed by atoms with van der Waals surface area (Å²) in [5, 5.41) is 0. The number of imidazole rings is 1. The summed E-state index contributed by atoms with van der Waals surface area (Å²) < 4.78 is 2.33. The van der Waals surface area contributed by atoms with Crippen molar-refractivity contribution in [3.8, 4) is 11.1 Å². The van der Waals surface area contributed by atoms with E-state index < -0.39 is 5.41 Å². The summed E-state index contributed by atoms with van der Waals surface area (Å²) in [4.78, 5) is 5.29. The Bertz CT molecular complexity index is 1510. The summed E-state index contributed by atoms with van der Waals surface area (Å²) in [6, 6.07) is 25.9. The van der Waals surface area contributed by atoms with E-state index in [-0.39, 0.29) is 0 Å². The number of hydrogen-bond donors (Lipinski definition) is 0. The summed E-state index contributed by atoms with van der Waals surface area (Å²) in [6.07, 6.45) is 10.1. The van der Waals surface area contributed by atoms with E-state index in [9.17, 15) is 0 Å². The van der Waals surface area contributed by atoms with Gasteiger partial charge in [-0.15, -0.1) is 0 Å². The van der Waals surface area contributed by atoms with Gasteiger partial charge in [0, 0.05) is 5.57 Å². The van der Waals surface area contributed by atoms with E-state index in [1.165, 1.54) is 27.8 Å². The van der Waals surface area contributed by atoms with E-state index >= 15 is 0 Å². The SMILES string of the molecule is C=C/C=C\C1=C(C(/C=C)=C/C)C2(c3ccccc3-c3ccccc32)c2nc3ccccc3n21. The monoisotopic (exact) mass is 424 g/mol. The molecule has 158 valence electrons. The van der Waals surface area contributed by atoms with Gasteiger partial charge >= 0.3 is 0 Å². The van der Waals surface area contributed by atoms with Crippen LogP contribution in [0.15, 0.2) is 127 Å². The molecule has 0 amide bonds. The molecule has 6 rings (SSSR count). The molecule has 1 aliphatic carbocycles. The minimum absolute atomic E-state index is 0.525. The average molecular weight is 425 g/mol. The molecule has 2 nitrogen and oxygen atoms in total. The van der Waals surface area contributed by atoms with Crippen molar-refractivity contribution in [3.63, 3.8) is 0 Å². The molecule has 0 atom stereocenters. The fraction of sp³-hybridized carbons (Fsp3) is 0.0645. The third-order valence-electron chi connectivity index (χ3n) is 6.93. The summed E-state index contributed by atoms with van der Waals surface area (Å²) >= 11 is 0. The second kappa shape index (κ2) is 7.18. The molecule has 1 spiro atoms. The lowest BCUT2D eigenvalue weighted by atomic mass is 9.69. The molecule has 2 heterocycles. The minimum atomic E-state index is -0.525. The van der Waals surface area contributed by atoms with Crippen LogP contribution in [0.3, 0.4) is 0 Å². The van der Waals surface area contributed by atoms with Gasteiger partial charge in [-0.1, -0.05) is 98.1 Å². The van der Waals surface area contributed by atoms with Gasteiger partial charge in [-0.05, 0) is 53.0 Å². The molecule has 2 aliphatic rings. The van der Waals surface area contributed by atoms with Crippen molar-refractivity contribution in [3.05, 3.63) is 144 Å². The third-order valence-corrected chi connectivity index (χ3v) is 6.93. The van der Waals surface area contributed by atoms with Crippen LogP contribution in [-0.2, 0) is 5.41 Å². The molecule has 1 aliphatic heterocycles. The Morgan fingerprint density at radius 2 is 1.52 bits per heavy atom. The lowest BCUT2D eigenvalue weighted by molar-refractivity contribution is 0.724. The number of hydrogen-bond acceptors (Lipinski definition) is 1. The lowest BCUT2D eigenvalue weighted by Gasteiger charge is -2.30. The lowest BCUT2D eigenvalue weighted by Crippen LogP contribution is -2.29. The summed E-state index contributed by atoms with van der Waals surface area (Å²) in [7, 11) is 0. The highest BCUT2D eigenvalue weighted by Gasteiger charge is 2.55. The predicted molar refractivity (Wildman–Crippen MR) is 138 cm³/mol. The zero-order chi connectivity index (χ0) is 22.6. The van der Waals surface area contributed by atoms with Crippen molar-refractivity contribution in [2.24, 2.45) is 0 Å². The number of benzene rings is 3. The second-order valence-electron chi connectivity index (χ2n) is 8.40. The standard InChI is InChI=1S/C31H24N2/c1-4-7-19-28-29(21(5-2)6-3)31(30-32-26-18-12-13-20-27(26)33(28)30)24-16-10-8-14-22(24)23-15-9-11-17-25(23)31/h4-20H,1-2H2,3H3/b19-7-,21-6+. The van der Waals surface area contributed by atoms with E-state index in [4.69, 9.17) is 4.98 Å². The van der Waals surface area contributed by atoms with Gasteiger partial charge in [0.15, 0.2) is 0 Å². The third kappa shape index (κ3) is 2.35. The Morgan fingerprint density at radius 1 is 0.879 bits per heavy atom. The second-order valence-corrected chi connectivity index (χ2v) is 8.40. The van der Waals surface area contributed by atoms with Crippen molar-refractivity contribution in [1.82, 2.24) is 9.55 Å². The Morgan fingerprint density at radius 3 is 2.15 bits per heavy atom. The maximum atomic E-state index is 5.29. The zero-order valence-corrected chi connectivity index (χ0v) is 18.6. The van der Waals surface area contributed by atoms with E-state index in [0.29, 0.717) is 0 Å². The average Bonchev–Trinajstić information content (AvgIpc) is 3.47. The van der Waals surface area contributed by atoms with Gasteiger partial charge in [-0.2, -0.15) is 0 Å².